The fourth-order valence-electron chi connectivity index (χ4n) is 4.11. The number of rotatable bonds is 10. The number of aryl methyl sites for hydroxylation is 1. The predicted octanol–water partition coefficient (Wildman–Crippen LogP) is 3.11. The van der Waals surface area contributed by atoms with Crippen molar-refractivity contribution >= 4 is 27.7 Å². The van der Waals surface area contributed by atoms with Gasteiger partial charge in [-0.25, -0.2) is 12.7 Å². The lowest BCUT2D eigenvalue weighted by molar-refractivity contribution is -0.141. The second kappa shape index (κ2) is 11.0. The maximum Gasteiger partial charge on any atom is 0.269 e. The normalized spacial score (nSPS) is 15.1. The second-order valence-electron chi connectivity index (χ2n) is 9.14. The molecule has 0 aromatic heterocycles. The molecule has 188 valence electrons. The first-order valence-electron chi connectivity index (χ1n) is 11.9. The summed E-state index contributed by atoms with van der Waals surface area (Å²) in [5, 5.41) is 2.90. The summed E-state index contributed by atoms with van der Waals surface area (Å²) in [4.78, 5) is 40.6. The lowest BCUT2D eigenvalue weighted by Gasteiger charge is -2.31. The Balaban J connectivity index is 1.83. The molecule has 3 amide bonds. The summed E-state index contributed by atoms with van der Waals surface area (Å²) in [5.41, 5.74) is 1.99. The molecule has 2 aromatic carbocycles. The van der Waals surface area contributed by atoms with Gasteiger partial charge in [0.1, 0.15) is 10.9 Å². The zero-order valence-electron chi connectivity index (χ0n) is 20.7. The molecule has 8 nitrogen and oxygen atoms in total. The van der Waals surface area contributed by atoms with Crippen molar-refractivity contribution < 1.29 is 22.8 Å². The summed E-state index contributed by atoms with van der Waals surface area (Å²) in [6.07, 6.45) is 0.173. The van der Waals surface area contributed by atoms with Crippen LogP contribution in [0.1, 0.15) is 55.1 Å². The monoisotopic (exact) mass is 499 g/mol. The van der Waals surface area contributed by atoms with Crippen molar-refractivity contribution in [2.45, 2.75) is 58.0 Å². The molecular weight excluding hydrogens is 466 g/mol. The number of nitrogens with zero attached hydrogens (tertiary/aromatic N) is 2. The van der Waals surface area contributed by atoms with E-state index in [2.05, 4.69) is 5.32 Å². The summed E-state index contributed by atoms with van der Waals surface area (Å²) in [6, 6.07) is 12.9. The third-order valence-corrected chi connectivity index (χ3v) is 7.95. The largest absolute Gasteiger partial charge is 0.354 e. The van der Waals surface area contributed by atoms with Crippen LogP contribution in [0, 0.1) is 12.8 Å². The Morgan fingerprint density at radius 1 is 1.06 bits per heavy atom. The average Bonchev–Trinajstić information content (AvgIpc) is 3.02. The van der Waals surface area contributed by atoms with E-state index in [0.717, 1.165) is 15.4 Å². The van der Waals surface area contributed by atoms with Crippen LogP contribution in [0.25, 0.3) is 0 Å². The van der Waals surface area contributed by atoms with Crippen LogP contribution in [0.5, 0.6) is 0 Å². The van der Waals surface area contributed by atoms with Gasteiger partial charge in [0.15, 0.2) is 0 Å². The highest BCUT2D eigenvalue weighted by atomic mass is 32.2. The zero-order valence-corrected chi connectivity index (χ0v) is 21.5. The van der Waals surface area contributed by atoms with E-state index in [-0.39, 0.29) is 41.8 Å². The van der Waals surface area contributed by atoms with Gasteiger partial charge in [-0.3, -0.25) is 14.4 Å². The van der Waals surface area contributed by atoms with Gasteiger partial charge in [0.05, 0.1) is 5.56 Å². The molecule has 1 aliphatic heterocycles. The smallest absolute Gasteiger partial charge is 0.269 e. The minimum Gasteiger partial charge on any atom is -0.354 e. The summed E-state index contributed by atoms with van der Waals surface area (Å²) >= 11 is 0. The molecule has 1 heterocycles. The molecule has 0 saturated carbocycles. The average molecular weight is 500 g/mol. The first kappa shape index (κ1) is 26.4. The molecule has 1 N–H and O–H groups in total. The number of sulfonamides is 1. The molecule has 0 bridgehead atoms. The van der Waals surface area contributed by atoms with Crippen molar-refractivity contribution in [2.24, 2.45) is 5.92 Å². The number of carbonyl (C=O) groups is 3. The minimum absolute atomic E-state index is 0.0475. The number of hydrogen-bond donors (Lipinski definition) is 1. The Labute approximate surface area is 207 Å². The van der Waals surface area contributed by atoms with Crippen LogP contribution in [0.15, 0.2) is 53.4 Å². The van der Waals surface area contributed by atoms with Crippen molar-refractivity contribution in [2.75, 3.05) is 13.1 Å². The maximum absolute atomic E-state index is 13.5. The number of hydrogen-bond acceptors (Lipinski definition) is 5. The van der Waals surface area contributed by atoms with Crippen LogP contribution in [-0.2, 0) is 26.2 Å². The Morgan fingerprint density at radius 3 is 2.34 bits per heavy atom. The molecule has 0 radical (unpaired) electrons. The van der Waals surface area contributed by atoms with E-state index in [0.29, 0.717) is 13.0 Å². The van der Waals surface area contributed by atoms with Crippen LogP contribution in [-0.4, -0.2) is 54.5 Å². The van der Waals surface area contributed by atoms with Gasteiger partial charge in [0.2, 0.25) is 11.8 Å². The third-order valence-electron chi connectivity index (χ3n) is 6.11. The Hall–Kier alpha value is -3.20. The maximum atomic E-state index is 13.5. The Morgan fingerprint density at radius 2 is 1.71 bits per heavy atom. The predicted molar refractivity (Wildman–Crippen MR) is 133 cm³/mol. The number of carbonyl (C=O) groups excluding carboxylic acids is 3. The molecule has 9 heteroatoms. The van der Waals surface area contributed by atoms with Crippen LogP contribution < -0.4 is 5.32 Å². The van der Waals surface area contributed by atoms with Gasteiger partial charge in [0.25, 0.3) is 15.9 Å². The van der Waals surface area contributed by atoms with Crippen molar-refractivity contribution in [1.82, 2.24) is 14.5 Å². The molecule has 0 spiro atoms. The van der Waals surface area contributed by atoms with Gasteiger partial charge >= 0.3 is 0 Å². The van der Waals surface area contributed by atoms with Gasteiger partial charge < -0.3 is 10.2 Å². The standard InChI is InChI=1S/C26H33N3O5S/c1-5-22(25(31)27-16-18(2)3)28(17-20-11-7-6-10-19(20)4)24(30)14-15-29-26(32)21-12-8-9-13-23(21)35(29,33)34/h6-13,18,22H,5,14-17H2,1-4H3,(H,27,31)/t22-/m1/s1. The lowest BCUT2D eigenvalue weighted by Crippen LogP contribution is -2.50. The van der Waals surface area contributed by atoms with Crippen LogP contribution in [0.2, 0.25) is 0 Å². The third kappa shape index (κ3) is 5.73. The second-order valence-corrected chi connectivity index (χ2v) is 11.0. The fraction of sp³-hybridized carbons (Fsp3) is 0.423. The van der Waals surface area contributed by atoms with E-state index in [4.69, 9.17) is 0 Å². The molecule has 0 fully saturated rings. The zero-order chi connectivity index (χ0) is 25.8. The minimum atomic E-state index is -4.01. The number of nitrogens with one attached hydrogen (secondary N) is 1. The van der Waals surface area contributed by atoms with Crippen molar-refractivity contribution in [3.63, 3.8) is 0 Å². The molecule has 1 aliphatic rings. The first-order chi connectivity index (χ1) is 16.6. The Bertz CT molecular complexity index is 1210. The summed E-state index contributed by atoms with van der Waals surface area (Å²) in [5.74, 6) is -1.02. The molecular formula is C26H33N3O5S. The van der Waals surface area contributed by atoms with Gasteiger partial charge in [-0.1, -0.05) is 57.2 Å². The molecule has 1 atom stereocenters. The van der Waals surface area contributed by atoms with Crippen LogP contribution in [0.3, 0.4) is 0 Å². The molecule has 35 heavy (non-hydrogen) atoms. The van der Waals surface area contributed by atoms with E-state index < -0.39 is 27.9 Å². The molecule has 0 saturated heterocycles. The summed E-state index contributed by atoms with van der Waals surface area (Å²) in [6.45, 7) is 8.16. The molecule has 0 unspecified atom stereocenters. The van der Waals surface area contributed by atoms with Crippen LogP contribution >= 0.6 is 0 Å². The first-order valence-corrected chi connectivity index (χ1v) is 13.3. The SMILES string of the molecule is CC[C@H](C(=O)NCC(C)C)N(Cc1ccccc1C)C(=O)CCN1C(=O)c2ccccc2S1(=O)=O. The fourth-order valence-corrected chi connectivity index (χ4v) is 5.68. The highest BCUT2D eigenvalue weighted by molar-refractivity contribution is 7.90. The molecule has 2 aromatic rings. The van der Waals surface area contributed by atoms with Crippen molar-refractivity contribution in [3.8, 4) is 0 Å². The van der Waals surface area contributed by atoms with Gasteiger partial charge in [-0.15, -0.1) is 0 Å². The van der Waals surface area contributed by atoms with Gasteiger partial charge in [-0.2, -0.15) is 0 Å². The van der Waals surface area contributed by atoms with Crippen LogP contribution in [0.4, 0.5) is 0 Å². The topological polar surface area (TPSA) is 104 Å². The molecule has 0 aliphatic carbocycles. The highest BCUT2D eigenvalue weighted by Gasteiger charge is 2.41. The number of benzene rings is 2. The summed E-state index contributed by atoms with van der Waals surface area (Å²) < 4.78 is 26.5. The quantitative estimate of drug-likeness (QED) is 0.541. The van der Waals surface area contributed by atoms with E-state index in [9.17, 15) is 22.8 Å². The van der Waals surface area contributed by atoms with Gasteiger partial charge in [0, 0.05) is 26.1 Å². The van der Waals surface area contributed by atoms with Crippen molar-refractivity contribution in [3.05, 3.63) is 65.2 Å². The molecule has 3 rings (SSSR count). The Kier molecular flexibility index (Phi) is 8.32. The van der Waals surface area contributed by atoms with Gasteiger partial charge in [-0.05, 0) is 42.5 Å². The van der Waals surface area contributed by atoms with E-state index >= 15 is 0 Å². The number of fused-ring (bicyclic) bond motifs is 1. The van der Waals surface area contributed by atoms with E-state index in [1.54, 1.807) is 12.1 Å². The number of amides is 3. The lowest BCUT2D eigenvalue weighted by atomic mass is 10.1. The summed E-state index contributed by atoms with van der Waals surface area (Å²) in [7, 11) is -4.01. The van der Waals surface area contributed by atoms with E-state index in [1.165, 1.54) is 17.0 Å². The van der Waals surface area contributed by atoms with Crippen molar-refractivity contribution in [1.29, 1.82) is 0 Å². The van der Waals surface area contributed by atoms with E-state index in [1.807, 2.05) is 52.0 Å². The highest BCUT2D eigenvalue weighted by Crippen LogP contribution is 2.30.